The molecular formula is C18H32O6. The summed E-state index contributed by atoms with van der Waals surface area (Å²) in [6.07, 6.45) is 1.27. The Morgan fingerprint density at radius 2 is 1.38 bits per heavy atom. The molecule has 0 saturated heterocycles. The third kappa shape index (κ3) is 5.49. The van der Waals surface area contributed by atoms with Crippen molar-refractivity contribution in [2.75, 3.05) is 20.8 Å². The van der Waals surface area contributed by atoms with E-state index in [-0.39, 0.29) is 18.0 Å². The van der Waals surface area contributed by atoms with Crippen molar-refractivity contribution in [1.82, 2.24) is 0 Å². The lowest BCUT2D eigenvalue weighted by Gasteiger charge is -2.36. The topological polar surface area (TPSA) is 78.9 Å². The number of hydrogen-bond acceptors (Lipinski definition) is 6. The van der Waals surface area contributed by atoms with Crippen molar-refractivity contribution in [2.24, 2.45) is 22.7 Å². The summed E-state index contributed by atoms with van der Waals surface area (Å²) in [4.78, 5) is 36.4. The van der Waals surface area contributed by atoms with E-state index in [1.54, 1.807) is 0 Å². The number of esters is 3. The first-order valence-corrected chi connectivity index (χ1v) is 8.26. The predicted octanol–water partition coefficient (Wildman–Crippen LogP) is 2.98. The fourth-order valence-electron chi connectivity index (χ4n) is 2.12. The molecule has 0 bridgehead atoms. The summed E-state index contributed by atoms with van der Waals surface area (Å²) in [5, 5.41) is 0. The summed E-state index contributed by atoms with van der Waals surface area (Å²) in [5.41, 5.74) is -0.982. The molecular weight excluding hydrogens is 312 g/mol. The van der Waals surface area contributed by atoms with Gasteiger partial charge in [-0.25, -0.2) is 0 Å². The Labute approximate surface area is 145 Å². The minimum absolute atomic E-state index is 0.0267. The molecule has 0 heterocycles. The quantitative estimate of drug-likeness (QED) is 0.383. The molecule has 140 valence electrons. The van der Waals surface area contributed by atoms with Crippen molar-refractivity contribution < 1.29 is 28.6 Å². The molecule has 6 heteroatoms. The third-order valence-corrected chi connectivity index (χ3v) is 4.85. The van der Waals surface area contributed by atoms with Crippen molar-refractivity contribution in [2.45, 2.75) is 54.4 Å². The molecule has 0 aliphatic heterocycles. The normalized spacial score (nSPS) is 13.4. The van der Waals surface area contributed by atoms with Crippen LogP contribution in [-0.4, -0.2) is 38.7 Å². The van der Waals surface area contributed by atoms with Crippen LogP contribution in [0.4, 0.5) is 0 Å². The second kappa shape index (κ2) is 9.04. The Morgan fingerprint density at radius 3 is 1.71 bits per heavy atom. The lowest BCUT2D eigenvalue weighted by Crippen LogP contribution is -2.41. The van der Waals surface area contributed by atoms with Crippen LogP contribution in [0.1, 0.15) is 54.4 Å². The van der Waals surface area contributed by atoms with Gasteiger partial charge in [-0.15, -0.1) is 0 Å². The number of hydrogen-bond donors (Lipinski definition) is 0. The zero-order valence-electron chi connectivity index (χ0n) is 16.2. The van der Waals surface area contributed by atoms with E-state index in [0.717, 1.165) is 6.42 Å². The number of carbonyl (C=O) groups is 3. The first-order chi connectivity index (χ1) is 10.9. The molecule has 6 nitrogen and oxygen atoms in total. The van der Waals surface area contributed by atoms with Crippen LogP contribution in [0.25, 0.3) is 0 Å². The second-order valence-electron chi connectivity index (χ2n) is 7.55. The summed E-state index contributed by atoms with van der Waals surface area (Å²) in [5.74, 6) is -3.28. The molecule has 0 rings (SSSR count). The van der Waals surface area contributed by atoms with Crippen LogP contribution in [0.3, 0.4) is 0 Å². The van der Waals surface area contributed by atoms with Gasteiger partial charge in [-0.05, 0) is 25.7 Å². The lowest BCUT2D eigenvalue weighted by molar-refractivity contribution is -0.170. The maximum atomic E-state index is 12.5. The molecule has 0 aromatic rings. The summed E-state index contributed by atoms with van der Waals surface area (Å²) in [6, 6.07) is 0. The summed E-state index contributed by atoms with van der Waals surface area (Å²) in [6.45, 7) is 11.4. The zero-order chi connectivity index (χ0) is 19.1. The highest BCUT2D eigenvalue weighted by molar-refractivity contribution is 5.95. The van der Waals surface area contributed by atoms with E-state index in [2.05, 4.69) is 0 Å². The number of rotatable bonds is 8. The van der Waals surface area contributed by atoms with E-state index in [4.69, 9.17) is 14.2 Å². The molecule has 24 heavy (non-hydrogen) atoms. The molecule has 0 fully saturated rings. The van der Waals surface area contributed by atoms with Gasteiger partial charge in [-0.1, -0.05) is 34.1 Å². The SMILES string of the molecule is CCCC(COC(=O)C(C)(C)C(C)(C)C)C(C(=O)OC)C(=O)OC. The number of methoxy groups -OCH3 is 2. The van der Waals surface area contributed by atoms with Crippen LogP contribution < -0.4 is 0 Å². The fourth-order valence-corrected chi connectivity index (χ4v) is 2.12. The van der Waals surface area contributed by atoms with Crippen LogP contribution in [0.5, 0.6) is 0 Å². The maximum absolute atomic E-state index is 12.5. The average Bonchev–Trinajstić information content (AvgIpc) is 2.50. The highest BCUT2D eigenvalue weighted by Crippen LogP contribution is 2.39. The Bertz CT molecular complexity index is 431. The molecule has 1 atom stereocenters. The van der Waals surface area contributed by atoms with Crippen molar-refractivity contribution >= 4 is 17.9 Å². The Hall–Kier alpha value is -1.59. The van der Waals surface area contributed by atoms with Crippen molar-refractivity contribution in [1.29, 1.82) is 0 Å². The molecule has 1 unspecified atom stereocenters. The van der Waals surface area contributed by atoms with E-state index in [9.17, 15) is 14.4 Å². The molecule has 0 radical (unpaired) electrons. The number of carbonyl (C=O) groups excluding carboxylic acids is 3. The van der Waals surface area contributed by atoms with Gasteiger partial charge in [0.1, 0.15) is 0 Å². The highest BCUT2D eigenvalue weighted by atomic mass is 16.5. The van der Waals surface area contributed by atoms with E-state index >= 15 is 0 Å². The van der Waals surface area contributed by atoms with Crippen LogP contribution in [-0.2, 0) is 28.6 Å². The number of ether oxygens (including phenoxy) is 3. The van der Waals surface area contributed by atoms with Gasteiger partial charge < -0.3 is 14.2 Å². The van der Waals surface area contributed by atoms with Crippen molar-refractivity contribution in [3.63, 3.8) is 0 Å². The lowest BCUT2D eigenvalue weighted by atomic mass is 9.69. The monoisotopic (exact) mass is 344 g/mol. The summed E-state index contributed by atoms with van der Waals surface area (Å²) < 4.78 is 14.9. The molecule has 0 amide bonds. The first kappa shape index (κ1) is 22.4. The largest absolute Gasteiger partial charge is 0.468 e. The zero-order valence-corrected chi connectivity index (χ0v) is 16.2. The predicted molar refractivity (Wildman–Crippen MR) is 90.1 cm³/mol. The van der Waals surface area contributed by atoms with Gasteiger partial charge >= 0.3 is 17.9 Å². The van der Waals surface area contributed by atoms with Crippen molar-refractivity contribution in [3.8, 4) is 0 Å². The fraction of sp³-hybridized carbons (Fsp3) is 0.833. The minimum Gasteiger partial charge on any atom is -0.468 e. The van der Waals surface area contributed by atoms with Gasteiger partial charge in [-0.2, -0.15) is 0 Å². The highest BCUT2D eigenvalue weighted by Gasteiger charge is 2.43. The molecule has 0 aromatic heterocycles. The van der Waals surface area contributed by atoms with E-state index in [0.29, 0.717) is 6.42 Å². The summed E-state index contributed by atoms with van der Waals surface area (Å²) >= 11 is 0. The van der Waals surface area contributed by atoms with E-state index < -0.39 is 29.2 Å². The minimum atomic E-state index is -1.09. The first-order valence-electron chi connectivity index (χ1n) is 8.26. The maximum Gasteiger partial charge on any atom is 0.320 e. The van der Waals surface area contributed by atoms with Crippen LogP contribution in [0, 0.1) is 22.7 Å². The second-order valence-corrected chi connectivity index (χ2v) is 7.55. The molecule has 0 N–H and O–H groups in total. The smallest absolute Gasteiger partial charge is 0.320 e. The van der Waals surface area contributed by atoms with Gasteiger partial charge in [-0.3, -0.25) is 14.4 Å². The Balaban J connectivity index is 5.23. The van der Waals surface area contributed by atoms with E-state index in [1.807, 2.05) is 41.5 Å². The van der Waals surface area contributed by atoms with Gasteiger partial charge in [0.25, 0.3) is 0 Å². The Kier molecular flexibility index (Phi) is 8.44. The van der Waals surface area contributed by atoms with Gasteiger partial charge in [0.2, 0.25) is 0 Å². The molecule has 0 aliphatic carbocycles. The molecule has 0 aliphatic rings. The molecule has 0 saturated carbocycles. The van der Waals surface area contributed by atoms with Crippen LogP contribution in [0.2, 0.25) is 0 Å². The van der Waals surface area contributed by atoms with Crippen LogP contribution in [0.15, 0.2) is 0 Å². The third-order valence-electron chi connectivity index (χ3n) is 4.85. The van der Waals surface area contributed by atoms with Crippen LogP contribution >= 0.6 is 0 Å². The van der Waals surface area contributed by atoms with E-state index in [1.165, 1.54) is 14.2 Å². The van der Waals surface area contributed by atoms with Crippen molar-refractivity contribution in [3.05, 3.63) is 0 Å². The Morgan fingerprint density at radius 1 is 0.917 bits per heavy atom. The average molecular weight is 344 g/mol. The standard InChI is InChI=1S/C18H32O6/c1-9-10-12(13(14(19)22-7)15(20)23-8)11-24-16(21)18(5,6)17(2,3)4/h12-13H,9-11H2,1-8H3. The van der Waals surface area contributed by atoms with Gasteiger partial charge in [0, 0.05) is 5.92 Å². The van der Waals surface area contributed by atoms with Gasteiger partial charge in [0.15, 0.2) is 5.92 Å². The molecule has 0 spiro atoms. The molecule has 0 aromatic carbocycles. The van der Waals surface area contributed by atoms with Gasteiger partial charge in [0.05, 0.1) is 26.2 Å². The summed E-state index contributed by atoms with van der Waals surface area (Å²) in [7, 11) is 2.44.